The van der Waals surface area contributed by atoms with E-state index >= 15 is 0 Å². The van der Waals surface area contributed by atoms with Crippen LogP contribution in [-0.4, -0.2) is 6.54 Å². The van der Waals surface area contributed by atoms with Crippen LogP contribution in [-0.2, 0) is 0 Å². The normalized spacial score (nSPS) is 13.1. The first-order chi connectivity index (χ1) is 7.54. The lowest BCUT2D eigenvalue weighted by molar-refractivity contribution is 0.412. The number of halogens is 2. The lowest BCUT2D eigenvalue weighted by Crippen LogP contribution is -2.26. The van der Waals surface area contributed by atoms with Crippen molar-refractivity contribution in [2.75, 3.05) is 6.54 Å². The Morgan fingerprint density at radius 1 is 1.12 bits per heavy atom. The first-order valence-electron chi connectivity index (χ1n) is 5.74. The number of hydrogen-bond acceptors (Lipinski definition) is 1. The first kappa shape index (κ1) is 14.2. The highest BCUT2D eigenvalue weighted by molar-refractivity contribution is 9.11. The summed E-state index contributed by atoms with van der Waals surface area (Å²) in [5.74, 6) is 0.591. The summed E-state index contributed by atoms with van der Waals surface area (Å²) in [7, 11) is 0. The number of benzene rings is 1. The second-order valence-electron chi connectivity index (χ2n) is 4.38. The smallest absolute Gasteiger partial charge is 0.0344 e. The summed E-state index contributed by atoms with van der Waals surface area (Å²) in [6.07, 6.45) is 1.17. The van der Waals surface area contributed by atoms with E-state index in [-0.39, 0.29) is 0 Å². The third kappa shape index (κ3) is 4.19. The van der Waals surface area contributed by atoms with Gasteiger partial charge in [0.05, 0.1) is 0 Å². The quantitative estimate of drug-likeness (QED) is 0.797. The molecule has 0 aliphatic carbocycles. The van der Waals surface area contributed by atoms with Gasteiger partial charge in [-0.05, 0) is 42.6 Å². The topological polar surface area (TPSA) is 12.0 Å². The molecular formula is C13H19Br2N. The van der Waals surface area contributed by atoms with E-state index < -0.39 is 0 Å². The lowest BCUT2D eigenvalue weighted by atomic mass is 9.96. The lowest BCUT2D eigenvalue weighted by Gasteiger charge is -2.23. The molecule has 1 nitrogen and oxygen atoms in total. The van der Waals surface area contributed by atoms with Gasteiger partial charge in [0, 0.05) is 15.0 Å². The Balaban J connectivity index is 2.91. The number of rotatable bonds is 5. The molecule has 0 bridgehead atoms. The van der Waals surface area contributed by atoms with Crippen molar-refractivity contribution in [2.24, 2.45) is 5.92 Å². The molecule has 1 rings (SSSR count). The molecule has 0 amide bonds. The van der Waals surface area contributed by atoms with Crippen molar-refractivity contribution < 1.29 is 0 Å². The molecule has 1 N–H and O–H groups in total. The summed E-state index contributed by atoms with van der Waals surface area (Å²) in [4.78, 5) is 0. The highest BCUT2D eigenvalue weighted by Gasteiger charge is 2.15. The Morgan fingerprint density at radius 3 is 2.12 bits per heavy atom. The van der Waals surface area contributed by atoms with Gasteiger partial charge in [-0.3, -0.25) is 0 Å². The predicted molar refractivity (Wildman–Crippen MR) is 77.7 cm³/mol. The van der Waals surface area contributed by atoms with Crippen molar-refractivity contribution >= 4 is 31.9 Å². The summed E-state index contributed by atoms with van der Waals surface area (Å²) >= 11 is 7.08. The van der Waals surface area contributed by atoms with E-state index in [0.717, 1.165) is 15.5 Å². The molecule has 3 heteroatoms. The highest BCUT2D eigenvalue weighted by atomic mass is 79.9. The predicted octanol–water partition coefficient (Wildman–Crippen LogP) is 4.91. The molecule has 0 aliphatic heterocycles. The Morgan fingerprint density at radius 2 is 1.69 bits per heavy atom. The monoisotopic (exact) mass is 347 g/mol. The zero-order chi connectivity index (χ0) is 12.1. The van der Waals surface area contributed by atoms with Crippen LogP contribution in [0.3, 0.4) is 0 Å². The molecule has 1 aromatic carbocycles. The fraction of sp³-hybridized carbons (Fsp3) is 0.538. The molecular weight excluding hydrogens is 330 g/mol. The second-order valence-corrected chi connectivity index (χ2v) is 6.21. The van der Waals surface area contributed by atoms with Gasteiger partial charge >= 0.3 is 0 Å². The third-order valence-corrected chi connectivity index (χ3v) is 3.44. The summed E-state index contributed by atoms with van der Waals surface area (Å²) in [5, 5.41) is 3.60. The van der Waals surface area contributed by atoms with Gasteiger partial charge < -0.3 is 5.32 Å². The first-order valence-corrected chi connectivity index (χ1v) is 7.32. The standard InChI is InChI=1S/C13H19Br2N/c1-4-5-16-13(9(2)3)10-6-11(14)8-12(15)7-10/h6-9,13,16H,4-5H2,1-3H3. The van der Waals surface area contributed by atoms with Crippen molar-refractivity contribution in [3.05, 3.63) is 32.7 Å². The molecule has 0 saturated heterocycles. The van der Waals surface area contributed by atoms with Crippen LogP contribution in [0.2, 0.25) is 0 Å². The summed E-state index contributed by atoms with van der Waals surface area (Å²) in [5.41, 5.74) is 1.34. The van der Waals surface area contributed by atoms with E-state index in [2.05, 4.69) is 76.1 Å². The molecule has 16 heavy (non-hydrogen) atoms. The van der Waals surface area contributed by atoms with Crippen LogP contribution >= 0.6 is 31.9 Å². The van der Waals surface area contributed by atoms with Gasteiger partial charge in [0.25, 0.3) is 0 Å². The molecule has 0 aromatic heterocycles. The molecule has 0 aliphatic rings. The molecule has 1 aromatic rings. The van der Waals surface area contributed by atoms with Gasteiger partial charge in [0.15, 0.2) is 0 Å². The van der Waals surface area contributed by atoms with Crippen LogP contribution in [0.5, 0.6) is 0 Å². The van der Waals surface area contributed by atoms with E-state index in [0.29, 0.717) is 12.0 Å². The van der Waals surface area contributed by atoms with Crippen LogP contribution < -0.4 is 5.32 Å². The fourth-order valence-corrected chi connectivity index (χ4v) is 3.12. The maximum Gasteiger partial charge on any atom is 0.0344 e. The van der Waals surface area contributed by atoms with Gasteiger partial charge in [-0.2, -0.15) is 0 Å². The zero-order valence-corrected chi connectivity index (χ0v) is 13.2. The molecule has 1 atom stereocenters. The molecule has 0 heterocycles. The maximum absolute atomic E-state index is 3.60. The maximum atomic E-state index is 3.60. The number of nitrogens with one attached hydrogen (secondary N) is 1. The molecule has 0 saturated carbocycles. The minimum absolute atomic E-state index is 0.425. The van der Waals surface area contributed by atoms with Gasteiger partial charge in [-0.25, -0.2) is 0 Å². The van der Waals surface area contributed by atoms with Crippen LogP contribution in [0.4, 0.5) is 0 Å². The number of hydrogen-bond donors (Lipinski definition) is 1. The van der Waals surface area contributed by atoms with Crippen molar-refractivity contribution in [2.45, 2.75) is 33.2 Å². The Labute approximate surface area is 115 Å². The summed E-state index contributed by atoms with van der Waals surface area (Å²) < 4.78 is 2.25. The minimum atomic E-state index is 0.425. The molecule has 90 valence electrons. The minimum Gasteiger partial charge on any atom is -0.310 e. The average Bonchev–Trinajstić information content (AvgIpc) is 2.16. The SMILES string of the molecule is CCCNC(c1cc(Br)cc(Br)c1)C(C)C. The summed E-state index contributed by atoms with van der Waals surface area (Å²) in [6.45, 7) is 7.76. The molecule has 1 unspecified atom stereocenters. The van der Waals surface area contributed by atoms with Crippen molar-refractivity contribution in [3.63, 3.8) is 0 Å². The van der Waals surface area contributed by atoms with Crippen LogP contribution in [0.1, 0.15) is 38.8 Å². The van der Waals surface area contributed by atoms with Crippen molar-refractivity contribution in [1.82, 2.24) is 5.32 Å². The second kappa shape index (κ2) is 6.77. The Kier molecular flexibility index (Phi) is 6.01. The van der Waals surface area contributed by atoms with E-state index in [9.17, 15) is 0 Å². The van der Waals surface area contributed by atoms with Gasteiger partial charge in [0.1, 0.15) is 0 Å². The van der Waals surface area contributed by atoms with Gasteiger partial charge in [-0.1, -0.05) is 52.6 Å². The molecule has 0 fully saturated rings. The van der Waals surface area contributed by atoms with E-state index in [4.69, 9.17) is 0 Å². The van der Waals surface area contributed by atoms with E-state index in [1.54, 1.807) is 0 Å². The van der Waals surface area contributed by atoms with Gasteiger partial charge in [0.2, 0.25) is 0 Å². The Bertz CT molecular complexity index is 316. The summed E-state index contributed by atoms with van der Waals surface area (Å²) in [6, 6.07) is 6.88. The zero-order valence-electron chi connectivity index (χ0n) is 10.1. The molecule has 0 radical (unpaired) electrons. The average molecular weight is 349 g/mol. The van der Waals surface area contributed by atoms with Crippen molar-refractivity contribution in [3.8, 4) is 0 Å². The van der Waals surface area contributed by atoms with E-state index in [1.807, 2.05) is 0 Å². The van der Waals surface area contributed by atoms with Crippen LogP contribution in [0, 0.1) is 5.92 Å². The fourth-order valence-electron chi connectivity index (χ4n) is 1.79. The largest absolute Gasteiger partial charge is 0.310 e. The third-order valence-electron chi connectivity index (χ3n) is 2.52. The van der Waals surface area contributed by atoms with Crippen LogP contribution in [0.15, 0.2) is 27.1 Å². The molecule has 0 spiro atoms. The van der Waals surface area contributed by atoms with E-state index in [1.165, 1.54) is 12.0 Å². The Hall–Kier alpha value is 0.140. The van der Waals surface area contributed by atoms with Crippen LogP contribution in [0.25, 0.3) is 0 Å². The highest BCUT2D eigenvalue weighted by Crippen LogP contribution is 2.28. The van der Waals surface area contributed by atoms with Gasteiger partial charge in [-0.15, -0.1) is 0 Å². The van der Waals surface area contributed by atoms with Crippen molar-refractivity contribution in [1.29, 1.82) is 0 Å².